The van der Waals surface area contributed by atoms with Gasteiger partial charge in [-0.1, -0.05) is 24.3 Å². The Morgan fingerprint density at radius 1 is 1.10 bits per heavy atom. The first kappa shape index (κ1) is 20.8. The highest BCUT2D eigenvalue weighted by molar-refractivity contribution is 7.93. The highest BCUT2D eigenvalue weighted by atomic mass is 32.2. The Bertz CT molecular complexity index is 1080. The normalized spacial score (nSPS) is 11.1. The van der Waals surface area contributed by atoms with E-state index in [9.17, 15) is 13.2 Å². The van der Waals surface area contributed by atoms with Gasteiger partial charge in [-0.2, -0.15) is 0 Å². The summed E-state index contributed by atoms with van der Waals surface area (Å²) in [7, 11) is -3.73. The Labute approximate surface area is 173 Å². The van der Waals surface area contributed by atoms with Gasteiger partial charge in [0.15, 0.2) is 5.13 Å². The first-order chi connectivity index (χ1) is 13.9. The van der Waals surface area contributed by atoms with E-state index in [1.165, 1.54) is 30.4 Å². The van der Waals surface area contributed by atoms with Gasteiger partial charge in [-0.05, 0) is 36.8 Å². The van der Waals surface area contributed by atoms with Crippen LogP contribution in [0.2, 0.25) is 0 Å². The number of hydrogen-bond acceptors (Lipinski definition) is 6. The summed E-state index contributed by atoms with van der Waals surface area (Å²) in [5, 5.41) is 4.82. The van der Waals surface area contributed by atoms with Crippen molar-refractivity contribution in [1.82, 2.24) is 10.3 Å². The van der Waals surface area contributed by atoms with Gasteiger partial charge in [-0.15, -0.1) is 11.3 Å². The molecule has 1 heterocycles. The van der Waals surface area contributed by atoms with Gasteiger partial charge >= 0.3 is 0 Å². The van der Waals surface area contributed by atoms with Crippen molar-refractivity contribution < 1.29 is 17.9 Å². The molecule has 152 valence electrons. The summed E-state index contributed by atoms with van der Waals surface area (Å²) < 4.78 is 33.0. The van der Waals surface area contributed by atoms with Gasteiger partial charge in [0.25, 0.3) is 10.0 Å². The second-order valence-corrected chi connectivity index (χ2v) is 8.69. The van der Waals surface area contributed by atoms with E-state index < -0.39 is 10.0 Å². The van der Waals surface area contributed by atoms with E-state index in [2.05, 4.69) is 15.0 Å². The molecule has 29 heavy (non-hydrogen) atoms. The minimum Gasteiger partial charge on any atom is -0.494 e. The minimum absolute atomic E-state index is 0.0852. The van der Waals surface area contributed by atoms with Crippen molar-refractivity contribution in [1.29, 1.82) is 0 Å². The number of aromatic nitrogens is 1. The zero-order chi connectivity index (χ0) is 20.9. The fourth-order valence-electron chi connectivity index (χ4n) is 2.53. The van der Waals surface area contributed by atoms with Gasteiger partial charge < -0.3 is 10.1 Å². The van der Waals surface area contributed by atoms with Gasteiger partial charge in [0, 0.05) is 24.4 Å². The maximum atomic E-state index is 12.6. The zero-order valence-corrected chi connectivity index (χ0v) is 17.6. The average Bonchev–Trinajstić information content (AvgIpc) is 3.15. The molecule has 0 spiro atoms. The molecule has 0 aliphatic rings. The topological polar surface area (TPSA) is 97.4 Å². The van der Waals surface area contributed by atoms with E-state index in [1.807, 2.05) is 31.2 Å². The number of rotatable bonds is 8. The van der Waals surface area contributed by atoms with Gasteiger partial charge in [-0.25, -0.2) is 13.4 Å². The average molecular weight is 432 g/mol. The van der Waals surface area contributed by atoms with E-state index in [1.54, 1.807) is 17.5 Å². The largest absolute Gasteiger partial charge is 0.494 e. The molecule has 0 atom stereocenters. The van der Waals surface area contributed by atoms with Crippen molar-refractivity contribution in [2.24, 2.45) is 0 Å². The lowest BCUT2D eigenvalue weighted by molar-refractivity contribution is -0.119. The van der Waals surface area contributed by atoms with E-state index in [4.69, 9.17) is 4.74 Å². The summed E-state index contributed by atoms with van der Waals surface area (Å²) in [6, 6.07) is 13.8. The summed E-state index contributed by atoms with van der Waals surface area (Å²) in [6.07, 6.45) is 0. The van der Waals surface area contributed by atoms with Crippen LogP contribution in [0.15, 0.2) is 58.8 Å². The third-order valence-corrected chi connectivity index (χ3v) is 6.20. The van der Waals surface area contributed by atoms with E-state index in [0.717, 1.165) is 11.1 Å². The maximum Gasteiger partial charge on any atom is 0.263 e. The smallest absolute Gasteiger partial charge is 0.263 e. The molecular weight excluding hydrogens is 410 g/mol. The first-order valence-corrected chi connectivity index (χ1v) is 11.3. The van der Waals surface area contributed by atoms with Crippen molar-refractivity contribution >= 4 is 32.4 Å². The van der Waals surface area contributed by atoms with Crippen molar-refractivity contribution in [2.45, 2.75) is 25.3 Å². The van der Waals surface area contributed by atoms with Crippen LogP contribution in [0, 0.1) is 0 Å². The van der Waals surface area contributed by atoms with Crippen LogP contribution in [0.3, 0.4) is 0 Å². The summed E-state index contributed by atoms with van der Waals surface area (Å²) >= 11 is 1.21. The van der Waals surface area contributed by atoms with Gasteiger partial charge in [0.1, 0.15) is 5.75 Å². The molecule has 0 aliphatic carbocycles. The summed E-state index contributed by atoms with van der Waals surface area (Å²) in [5.74, 6) is 0.531. The number of carbonyl (C=O) groups is 1. The van der Waals surface area contributed by atoms with Crippen molar-refractivity contribution in [3.8, 4) is 17.0 Å². The fourth-order valence-corrected chi connectivity index (χ4v) is 4.50. The molecule has 1 amide bonds. The number of sulfonamides is 1. The van der Waals surface area contributed by atoms with Crippen molar-refractivity contribution in [2.75, 3.05) is 11.3 Å². The number of ether oxygens (including phenoxy) is 1. The molecular formula is C20H21N3O4S2. The lowest BCUT2D eigenvalue weighted by atomic mass is 10.1. The number of hydrogen-bond donors (Lipinski definition) is 2. The molecule has 0 aliphatic heterocycles. The van der Waals surface area contributed by atoms with E-state index in [0.29, 0.717) is 24.6 Å². The number of nitrogens with one attached hydrogen (secondary N) is 2. The zero-order valence-electron chi connectivity index (χ0n) is 16.0. The Hall–Kier alpha value is -2.91. The molecule has 0 saturated heterocycles. The number of benzene rings is 2. The Kier molecular flexibility index (Phi) is 6.50. The monoisotopic (exact) mass is 431 g/mol. The molecule has 0 radical (unpaired) electrons. The molecule has 2 aromatic carbocycles. The molecule has 1 aromatic heterocycles. The lowest BCUT2D eigenvalue weighted by Crippen LogP contribution is -2.18. The van der Waals surface area contributed by atoms with E-state index >= 15 is 0 Å². The second kappa shape index (κ2) is 9.06. The van der Waals surface area contributed by atoms with Crippen LogP contribution in [0.25, 0.3) is 11.3 Å². The highest BCUT2D eigenvalue weighted by Gasteiger charge is 2.16. The molecule has 3 aromatic rings. The van der Waals surface area contributed by atoms with Crippen LogP contribution >= 0.6 is 11.3 Å². The predicted octanol–water partition coefficient (Wildman–Crippen LogP) is 3.65. The fraction of sp³-hybridized carbons (Fsp3) is 0.200. The van der Waals surface area contributed by atoms with Gasteiger partial charge in [-0.3, -0.25) is 9.52 Å². The number of nitrogens with zero attached hydrogens (tertiary/aromatic N) is 1. The first-order valence-electron chi connectivity index (χ1n) is 8.92. The lowest BCUT2D eigenvalue weighted by Gasteiger charge is -2.07. The van der Waals surface area contributed by atoms with E-state index in [-0.39, 0.29) is 15.9 Å². The standard InChI is InChI=1S/C20H21N3O4S2/c1-3-27-17-8-10-18(11-9-17)29(25,26)23-20-22-19(13-28-20)16-6-4-15(5-7-16)12-21-14(2)24/h4-11,13H,3,12H2,1-2H3,(H,21,24)(H,22,23). The predicted molar refractivity (Wildman–Crippen MR) is 113 cm³/mol. The number of carbonyl (C=O) groups excluding carboxylic acids is 1. The molecule has 0 fully saturated rings. The number of amides is 1. The summed E-state index contributed by atoms with van der Waals surface area (Å²) in [4.78, 5) is 15.5. The summed E-state index contributed by atoms with van der Waals surface area (Å²) in [6.45, 7) is 4.31. The van der Waals surface area contributed by atoms with Crippen molar-refractivity contribution in [3.63, 3.8) is 0 Å². The second-order valence-electron chi connectivity index (χ2n) is 6.15. The SMILES string of the molecule is CCOc1ccc(S(=O)(=O)Nc2nc(-c3ccc(CNC(C)=O)cc3)cs2)cc1. The molecule has 3 rings (SSSR count). The minimum atomic E-state index is -3.73. The van der Waals surface area contributed by atoms with Crippen molar-refractivity contribution in [3.05, 3.63) is 59.5 Å². The van der Waals surface area contributed by atoms with Crippen LogP contribution < -0.4 is 14.8 Å². The summed E-state index contributed by atoms with van der Waals surface area (Å²) in [5.41, 5.74) is 2.50. The molecule has 0 bridgehead atoms. The van der Waals surface area contributed by atoms with Crippen LogP contribution in [-0.4, -0.2) is 25.9 Å². The van der Waals surface area contributed by atoms with Gasteiger partial charge in [0.05, 0.1) is 17.2 Å². The maximum absolute atomic E-state index is 12.6. The molecule has 9 heteroatoms. The number of anilines is 1. The van der Waals surface area contributed by atoms with Crippen LogP contribution in [0.5, 0.6) is 5.75 Å². The molecule has 0 unspecified atom stereocenters. The number of thiazole rings is 1. The Morgan fingerprint density at radius 3 is 2.41 bits per heavy atom. The quantitative estimate of drug-likeness (QED) is 0.567. The highest BCUT2D eigenvalue weighted by Crippen LogP contribution is 2.27. The Balaban J connectivity index is 1.70. The third-order valence-electron chi connectivity index (χ3n) is 3.96. The third kappa shape index (κ3) is 5.55. The molecule has 7 nitrogen and oxygen atoms in total. The van der Waals surface area contributed by atoms with Crippen LogP contribution in [-0.2, 0) is 21.4 Å². The van der Waals surface area contributed by atoms with Crippen LogP contribution in [0.4, 0.5) is 5.13 Å². The molecule has 0 saturated carbocycles. The Morgan fingerprint density at radius 2 is 1.79 bits per heavy atom. The molecule has 2 N–H and O–H groups in total. The van der Waals surface area contributed by atoms with Gasteiger partial charge in [0.2, 0.25) is 5.91 Å². The van der Waals surface area contributed by atoms with Crippen LogP contribution in [0.1, 0.15) is 19.4 Å².